The van der Waals surface area contributed by atoms with Gasteiger partial charge in [-0.3, -0.25) is 4.79 Å². The molecule has 1 saturated heterocycles. The molecule has 3 aliphatic rings. The van der Waals surface area contributed by atoms with E-state index in [0.29, 0.717) is 5.92 Å². The Morgan fingerprint density at radius 1 is 1.08 bits per heavy atom. The Hall–Kier alpha value is -2.59. The minimum Gasteiger partial charge on any atom is -0.497 e. The number of allylic oxidation sites excluding steroid dienone is 1. The number of nitrogens with zero attached hydrogens (tertiary/aromatic N) is 1. The number of carbonyl (C=O) groups is 1. The van der Waals surface area contributed by atoms with E-state index in [1.54, 1.807) is 12.0 Å². The molecule has 132 valence electrons. The summed E-state index contributed by atoms with van der Waals surface area (Å²) >= 11 is 0. The minimum absolute atomic E-state index is 0.0803. The van der Waals surface area contributed by atoms with Gasteiger partial charge in [-0.05, 0) is 54.2 Å². The number of benzene rings is 2. The molecule has 2 aliphatic carbocycles. The maximum atomic E-state index is 12.9. The lowest BCUT2D eigenvalue weighted by Gasteiger charge is -2.58. The van der Waals surface area contributed by atoms with Crippen LogP contribution in [0.5, 0.6) is 5.75 Å². The van der Waals surface area contributed by atoms with Crippen LogP contribution in [0.15, 0.2) is 60.2 Å². The number of ether oxygens (including phenoxy) is 1. The van der Waals surface area contributed by atoms with Crippen LogP contribution in [-0.4, -0.2) is 30.3 Å². The van der Waals surface area contributed by atoms with Crippen molar-refractivity contribution >= 4 is 17.2 Å². The summed E-state index contributed by atoms with van der Waals surface area (Å²) in [4.78, 5) is 14.7. The van der Waals surface area contributed by atoms with Gasteiger partial charge < -0.3 is 14.7 Å². The number of aliphatic hydroxyl groups is 1. The number of methoxy groups -OCH3 is 1. The van der Waals surface area contributed by atoms with E-state index in [9.17, 15) is 9.90 Å². The summed E-state index contributed by atoms with van der Waals surface area (Å²) in [5.74, 6) is 1.10. The van der Waals surface area contributed by atoms with E-state index in [1.165, 1.54) is 5.57 Å². The molecule has 0 spiro atoms. The maximum Gasteiger partial charge on any atom is 0.233 e. The maximum absolute atomic E-state index is 12.9. The van der Waals surface area contributed by atoms with Gasteiger partial charge in [-0.25, -0.2) is 0 Å². The highest BCUT2D eigenvalue weighted by Gasteiger charge is 2.61. The van der Waals surface area contributed by atoms with E-state index >= 15 is 0 Å². The quantitative estimate of drug-likeness (QED) is 0.867. The van der Waals surface area contributed by atoms with Crippen molar-refractivity contribution < 1.29 is 14.6 Å². The molecule has 2 fully saturated rings. The largest absolute Gasteiger partial charge is 0.497 e. The highest BCUT2D eigenvalue weighted by atomic mass is 16.5. The smallest absolute Gasteiger partial charge is 0.233 e. The Bertz CT molecular complexity index is 887. The van der Waals surface area contributed by atoms with Crippen LogP contribution in [0.1, 0.15) is 18.4 Å². The average molecular weight is 347 g/mol. The molecular formula is C22H21NO3. The molecule has 4 heteroatoms. The lowest BCUT2D eigenvalue weighted by molar-refractivity contribution is -0.136. The van der Waals surface area contributed by atoms with E-state index in [2.05, 4.69) is 12.1 Å². The van der Waals surface area contributed by atoms with Gasteiger partial charge in [0.05, 0.1) is 19.1 Å². The molecule has 1 heterocycles. The van der Waals surface area contributed by atoms with Crippen LogP contribution in [0, 0.1) is 11.8 Å². The summed E-state index contributed by atoms with van der Waals surface area (Å²) in [6.07, 6.45) is 1.39. The van der Waals surface area contributed by atoms with Crippen LogP contribution >= 0.6 is 0 Å². The normalized spacial score (nSPS) is 29.5. The summed E-state index contributed by atoms with van der Waals surface area (Å²) in [7, 11) is 1.62. The SMILES string of the molecule is COc1ccc(N2C(=O)[C@@H]3[C@H]2[C@H](O)C(c2ccccc2)=C2CC[C@@H]23)cc1. The third kappa shape index (κ3) is 2.02. The van der Waals surface area contributed by atoms with Crippen molar-refractivity contribution in [3.05, 3.63) is 65.7 Å². The Morgan fingerprint density at radius 2 is 1.81 bits per heavy atom. The number of hydrogen-bond acceptors (Lipinski definition) is 3. The van der Waals surface area contributed by atoms with Crippen molar-refractivity contribution in [1.29, 1.82) is 0 Å². The van der Waals surface area contributed by atoms with E-state index in [4.69, 9.17) is 4.74 Å². The van der Waals surface area contributed by atoms with Gasteiger partial charge in [0, 0.05) is 5.69 Å². The average Bonchev–Trinajstić information content (AvgIpc) is 2.66. The molecule has 1 amide bonds. The highest BCUT2D eigenvalue weighted by molar-refractivity contribution is 6.05. The molecule has 5 rings (SSSR count). The predicted molar refractivity (Wildman–Crippen MR) is 99.9 cm³/mol. The zero-order valence-electron chi connectivity index (χ0n) is 14.6. The molecule has 2 aromatic rings. The molecular weight excluding hydrogens is 326 g/mol. The first-order valence-electron chi connectivity index (χ1n) is 9.14. The zero-order chi connectivity index (χ0) is 17.8. The van der Waals surface area contributed by atoms with Crippen molar-refractivity contribution in [3.63, 3.8) is 0 Å². The molecule has 0 unspecified atom stereocenters. The first-order chi connectivity index (χ1) is 12.7. The van der Waals surface area contributed by atoms with Crippen LogP contribution in [0.2, 0.25) is 0 Å². The molecule has 1 saturated carbocycles. The summed E-state index contributed by atoms with van der Waals surface area (Å²) in [5, 5.41) is 11.2. The Labute approximate surface area is 152 Å². The summed E-state index contributed by atoms with van der Waals surface area (Å²) in [5.41, 5.74) is 4.22. The molecule has 4 atom stereocenters. The van der Waals surface area contributed by atoms with Gasteiger partial charge in [0.2, 0.25) is 5.91 Å². The monoisotopic (exact) mass is 347 g/mol. The van der Waals surface area contributed by atoms with Crippen LogP contribution in [-0.2, 0) is 4.79 Å². The highest BCUT2D eigenvalue weighted by Crippen LogP contribution is 2.56. The van der Waals surface area contributed by atoms with Gasteiger partial charge in [-0.1, -0.05) is 35.9 Å². The van der Waals surface area contributed by atoms with Crippen LogP contribution in [0.3, 0.4) is 0 Å². The van der Waals surface area contributed by atoms with E-state index in [-0.39, 0.29) is 17.9 Å². The van der Waals surface area contributed by atoms with Gasteiger partial charge in [0.15, 0.2) is 0 Å². The second-order valence-electron chi connectivity index (χ2n) is 7.32. The fraction of sp³-hybridized carbons (Fsp3) is 0.318. The fourth-order valence-corrected chi connectivity index (χ4v) is 4.84. The number of hydrogen-bond donors (Lipinski definition) is 1. The van der Waals surface area contributed by atoms with Crippen molar-refractivity contribution in [1.82, 2.24) is 0 Å². The van der Waals surface area contributed by atoms with Gasteiger partial charge in [-0.15, -0.1) is 0 Å². The van der Waals surface area contributed by atoms with Crippen molar-refractivity contribution in [3.8, 4) is 5.75 Å². The number of amides is 1. The third-order valence-electron chi connectivity index (χ3n) is 6.20. The van der Waals surface area contributed by atoms with E-state index in [0.717, 1.165) is 35.4 Å². The van der Waals surface area contributed by atoms with Crippen molar-refractivity contribution in [2.45, 2.75) is 25.0 Å². The van der Waals surface area contributed by atoms with Crippen LogP contribution < -0.4 is 9.64 Å². The van der Waals surface area contributed by atoms with E-state index in [1.807, 2.05) is 42.5 Å². The fourth-order valence-electron chi connectivity index (χ4n) is 4.84. The third-order valence-corrected chi connectivity index (χ3v) is 6.20. The van der Waals surface area contributed by atoms with Crippen molar-refractivity contribution in [2.24, 2.45) is 11.8 Å². The number of fused-ring (bicyclic) bond motifs is 3. The second-order valence-corrected chi connectivity index (χ2v) is 7.32. The van der Waals surface area contributed by atoms with E-state index < -0.39 is 6.10 Å². The molecule has 4 nitrogen and oxygen atoms in total. The Balaban J connectivity index is 1.54. The zero-order valence-corrected chi connectivity index (χ0v) is 14.6. The number of aliphatic hydroxyl groups excluding tert-OH is 1. The number of carbonyl (C=O) groups excluding carboxylic acids is 1. The first-order valence-corrected chi connectivity index (χ1v) is 9.14. The topological polar surface area (TPSA) is 49.8 Å². The van der Waals surface area contributed by atoms with Gasteiger partial charge in [-0.2, -0.15) is 0 Å². The minimum atomic E-state index is -0.645. The van der Waals surface area contributed by atoms with Gasteiger partial charge >= 0.3 is 0 Å². The summed E-state index contributed by atoms with van der Waals surface area (Å²) < 4.78 is 5.21. The molecule has 1 N–H and O–H groups in total. The molecule has 0 bridgehead atoms. The molecule has 26 heavy (non-hydrogen) atoms. The number of β-lactam (4-membered cyclic amide) rings is 1. The molecule has 0 aromatic heterocycles. The van der Waals surface area contributed by atoms with Gasteiger partial charge in [0.25, 0.3) is 0 Å². The molecule has 2 aromatic carbocycles. The molecule has 1 aliphatic heterocycles. The van der Waals surface area contributed by atoms with Crippen molar-refractivity contribution in [2.75, 3.05) is 12.0 Å². The predicted octanol–water partition coefficient (Wildman–Crippen LogP) is 3.26. The lowest BCUT2D eigenvalue weighted by Crippen LogP contribution is -2.71. The van der Waals surface area contributed by atoms with Crippen LogP contribution in [0.4, 0.5) is 5.69 Å². The number of rotatable bonds is 3. The first kappa shape index (κ1) is 15.6. The Morgan fingerprint density at radius 3 is 2.42 bits per heavy atom. The van der Waals surface area contributed by atoms with Crippen LogP contribution in [0.25, 0.3) is 5.57 Å². The lowest BCUT2D eigenvalue weighted by atomic mass is 9.56. The summed E-state index contributed by atoms with van der Waals surface area (Å²) in [6, 6.07) is 17.4. The number of anilines is 1. The standard InChI is InChI=1S/C22H21NO3/c1-26-15-9-7-14(8-10-15)23-20-19(22(23)25)17-12-11-16(17)18(21(20)24)13-5-3-2-4-6-13/h2-10,17,19-21,24H,11-12H2,1H3/t17-,19-,20-,21+/m0/s1. The Kier molecular flexibility index (Phi) is 3.44. The summed E-state index contributed by atoms with van der Waals surface area (Å²) in [6.45, 7) is 0. The van der Waals surface area contributed by atoms with Gasteiger partial charge in [0.1, 0.15) is 11.9 Å². The molecule has 0 radical (unpaired) electrons. The second kappa shape index (κ2) is 5.71.